The maximum absolute atomic E-state index is 13.6. The van der Waals surface area contributed by atoms with Gasteiger partial charge in [0.15, 0.2) is 0 Å². The van der Waals surface area contributed by atoms with E-state index >= 15 is 0 Å². The second-order valence-corrected chi connectivity index (χ2v) is 7.12. The van der Waals surface area contributed by atoms with E-state index in [2.05, 4.69) is 22.0 Å². The highest BCUT2D eigenvalue weighted by Crippen LogP contribution is 2.25. The molecule has 2 heterocycles. The number of rotatable bonds is 4. The van der Waals surface area contributed by atoms with E-state index in [-0.39, 0.29) is 11.7 Å². The van der Waals surface area contributed by atoms with Crippen LogP contribution in [0.4, 0.5) is 10.1 Å². The number of para-hydroxylation sites is 1. The molecule has 1 amide bonds. The molecular weight excluding hydrogens is 341 g/mol. The van der Waals surface area contributed by atoms with E-state index in [0.717, 1.165) is 48.3 Å². The van der Waals surface area contributed by atoms with Gasteiger partial charge in [-0.1, -0.05) is 18.2 Å². The molecule has 0 aliphatic carbocycles. The number of amides is 1. The van der Waals surface area contributed by atoms with Crippen LogP contribution in [0.2, 0.25) is 0 Å². The van der Waals surface area contributed by atoms with Crippen LogP contribution >= 0.6 is 0 Å². The summed E-state index contributed by atoms with van der Waals surface area (Å²) in [4.78, 5) is 20.2. The van der Waals surface area contributed by atoms with E-state index < -0.39 is 0 Å². The van der Waals surface area contributed by atoms with Crippen molar-refractivity contribution in [3.63, 3.8) is 0 Å². The Morgan fingerprint density at radius 2 is 1.81 bits per heavy atom. The van der Waals surface area contributed by atoms with Gasteiger partial charge in [0.05, 0.1) is 0 Å². The molecule has 0 saturated carbocycles. The summed E-state index contributed by atoms with van der Waals surface area (Å²) in [5, 5.41) is 0.884. The molecule has 1 aliphatic rings. The zero-order chi connectivity index (χ0) is 18.8. The number of anilines is 1. The summed E-state index contributed by atoms with van der Waals surface area (Å²) >= 11 is 0. The van der Waals surface area contributed by atoms with E-state index in [1.165, 1.54) is 11.8 Å². The van der Waals surface area contributed by atoms with Crippen molar-refractivity contribution in [3.8, 4) is 0 Å². The molecule has 5 heteroatoms. The molecule has 140 valence electrons. The summed E-state index contributed by atoms with van der Waals surface area (Å²) in [6.07, 6.45) is 1.09. The molecule has 0 spiro atoms. The highest BCUT2D eigenvalue weighted by molar-refractivity contribution is 5.85. The summed E-state index contributed by atoms with van der Waals surface area (Å²) in [5.41, 5.74) is 4.19. The predicted octanol–water partition coefficient (Wildman–Crippen LogP) is 3.90. The Morgan fingerprint density at radius 3 is 2.56 bits per heavy atom. The smallest absolute Gasteiger partial charge is 0.223 e. The van der Waals surface area contributed by atoms with Gasteiger partial charge in [-0.25, -0.2) is 4.39 Å². The maximum atomic E-state index is 13.6. The van der Waals surface area contributed by atoms with Gasteiger partial charge in [0, 0.05) is 54.9 Å². The minimum atomic E-state index is -0.244. The van der Waals surface area contributed by atoms with E-state index in [9.17, 15) is 9.18 Å². The number of hydrogen-bond acceptors (Lipinski definition) is 2. The number of aromatic amines is 1. The molecule has 1 N–H and O–H groups in total. The Labute approximate surface area is 158 Å². The SMILES string of the molecule is Cc1[nH]c2ccc(F)cc2c1CCC(=O)N1CCN(c2ccccc2)CC1. The number of fused-ring (bicyclic) bond motifs is 1. The summed E-state index contributed by atoms with van der Waals surface area (Å²) in [6, 6.07) is 15.1. The van der Waals surface area contributed by atoms with Gasteiger partial charge in [-0.15, -0.1) is 0 Å². The van der Waals surface area contributed by atoms with Gasteiger partial charge in [0.1, 0.15) is 5.82 Å². The highest BCUT2D eigenvalue weighted by atomic mass is 19.1. The minimum Gasteiger partial charge on any atom is -0.368 e. The van der Waals surface area contributed by atoms with Gasteiger partial charge in [-0.05, 0) is 49.2 Å². The first kappa shape index (κ1) is 17.6. The van der Waals surface area contributed by atoms with Crippen LogP contribution in [0.1, 0.15) is 17.7 Å². The number of H-pyrrole nitrogens is 1. The second-order valence-electron chi connectivity index (χ2n) is 7.12. The van der Waals surface area contributed by atoms with Crippen LogP contribution in [-0.4, -0.2) is 42.0 Å². The first-order valence-corrected chi connectivity index (χ1v) is 9.46. The van der Waals surface area contributed by atoms with Crippen LogP contribution in [0, 0.1) is 12.7 Å². The van der Waals surface area contributed by atoms with Crippen LogP contribution in [0.15, 0.2) is 48.5 Å². The number of carbonyl (C=O) groups excluding carboxylic acids is 1. The van der Waals surface area contributed by atoms with E-state index in [4.69, 9.17) is 0 Å². The lowest BCUT2D eigenvalue weighted by Crippen LogP contribution is -2.48. The van der Waals surface area contributed by atoms with E-state index in [1.807, 2.05) is 30.0 Å². The van der Waals surface area contributed by atoms with Gasteiger partial charge < -0.3 is 14.8 Å². The molecule has 0 atom stereocenters. The average Bonchev–Trinajstić information content (AvgIpc) is 3.01. The van der Waals surface area contributed by atoms with Crippen molar-refractivity contribution in [3.05, 3.63) is 65.6 Å². The molecule has 27 heavy (non-hydrogen) atoms. The number of halogens is 1. The van der Waals surface area contributed by atoms with Crippen molar-refractivity contribution in [2.45, 2.75) is 19.8 Å². The minimum absolute atomic E-state index is 0.174. The first-order valence-electron chi connectivity index (χ1n) is 9.46. The normalized spacial score (nSPS) is 14.7. The van der Waals surface area contributed by atoms with E-state index in [1.54, 1.807) is 12.1 Å². The Morgan fingerprint density at radius 1 is 1.07 bits per heavy atom. The van der Waals surface area contributed by atoms with Gasteiger partial charge in [0.2, 0.25) is 5.91 Å². The largest absolute Gasteiger partial charge is 0.368 e. The molecule has 1 aromatic heterocycles. The number of benzene rings is 2. The van der Waals surface area contributed by atoms with Crippen molar-refractivity contribution in [1.82, 2.24) is 9.88 Å². The third-order valence-corrected chi connectivity index (χ3v) is 5.42. The monoisotopic (exact) mass is 365 g/mol. The molecule has 1 fully saturated rings. The van der Waals surface area contributed by atoms with Gasteiger partial charge in [-0.3, -0.25) is 4.79 Å². The lowest BCUT2D eigenvalue weighted by Gasteiger charge is -2.36. The molecular formula is C22H24FN3O. The van der Waals surface area contributed by atoms with Crippen molar-refractivity contribution in [2.24, 2.45) is 0 Å². The average molecular weight is 365 g/mol. The van der Waals surface area contributed by atoms with Crippen LogP contribution < -0.4 is 4.90 Å². The van der Waals surface area contributed by atoms with Crippen LogP contribution in [0.25, 0.3) is 10.9 Å². The third-order valence-electron chi connectivity index (χ3n) is 5.42. The molecule has 1 saturated heterocycles. The Kier molecular flexibility index (Phi) is 4.84. The van der Waals surface area contributed by atoms with Gasteiger partial charge in [0.25, 0.3) is 0 Å². The standard InChI is InChI=1S/C22H24FN3O/c1-16-19(20-15-17(23)7-9-21(20)24-16)8-10-22(27)26-13-11-25(12-14-26)18-5-3-2-4-6-18/h2-7,9,15,24H,8,10-14H2,1H3. The summed E-state index contributed by atoms with van der Waals surface area (Å²) in [5.74, 6) is -0.0704. The molecule has 4 nitrogen and oxygen atoms in total. The fourth-order valence-corrected chi connectivity index (χ4v) is 3.92. The van der Waals surface area contributed by atoms with Crippen molar-refractivity contribution < 1.29 is 9.18 Å². The summed E-state index contributed by atoms with van der Waals surface area (Å²) in [6.45, 7) is 5.18. The van der Waals surface area contributed by atoms with E-state index in [0.29, 0.717) is 12.8 Å². The fraction of sp³-hybridized carbons (Fsp3) is 0.318. The molecule has 0 radical (unpaired) electrons. The van der Waals surface area contributed by atoms with Crippen LogP contribution in [-0.2, 0) is 11.2 Å². The number of piperazine rings is 1. The van der Waals surface area contributed by atoms with Gasteiger partial charge >= 0.3 is 0 Å². The molecule has 3 aromatic rings. The third kappa shape index (κ3) is 3.68. The number of aryl methyl sites for hydroxylation is 2. The number of nitrogens with one attached hydrogen (secondary N) is 1. The summed E-state index contributed by atoms with van der Waals surface area (Å²) < 4.78 is 13.6. The first-order chi connectivity index (χ1) is 13.1. The number of aromatic nitrogens is 1. The van der Waals surface area contributed by atoms with Crippen LogP contribution in [0.5, 0.6) is 0 Å². The molecule has 4 rings (SSSR count). The number of nitrogens with zero attached hydrogens (tertiary/aromatic N) is 2. The lowest BCUT2D eigenvalue weighted by atomic mass is 10.0. The molecule has 1 aliphatic heterocycles. The Bertz CT molecular complexity index is 943. The molecule has 2 aromatic carbocycles. The second kappa shape index (κ2) is 7.43. The predicted molar refractivity (Wildman–Crippen MR) is 107 cm³/mol. The zero-order valence-electron chi connectivity index (χ0n) is 15.5. The maximum Gasteiger partial charge on any atom is 0.223 e. The zero-order valence-corrected chi connectivity index (χ0v) is 15.5. The quantitative estimate of drug-likeness (QED) is 0.762. The van der Waals surface area contributed by atoms with Crippen molar-refractivity contribution in [1.29, 1.82) is 0 Å². The fourth-order valence-electron chi connectivity index (χ4n) is 3.92. The van der Waals surface area contributed by atoms with Crippen molar-refractivity contribution in [2.75, 3.05) is 31.1 Å². The highest BCUT2D eigenvalue weighted by Gasteiger charge is 2.21. The summed E-state index contributed by atoms with van der Waals surface area (Å²) in [7, 11) is 0. The molecule has 0 bridgehead atoms. The number of carbonyl (C=O) groups is 1. The van der Waals surface area contributed by atoms with Crippen molar-refractivity contribution >= 4 is 22.5 Å². The topological polar surface area (TPSA) is 39.3 Å². The Balaban J connectivity index is 1.37. The lowest BCUT2D eigenvalue weighted by molar-refractivity contribution is -0.131. The molecule has 0 unspecified atom stereocenters. The van der Waals surface area contributed by atoms with Crippen LogP contribution in [0.3, 0.4) is 0 Å². The Hall–Kier alpha value is -2.82. The number of hydrogen-bond donors (Lipinski definition) is 1. The van der Waals surface area contributed by atoms with Gasteiger partial charge in [-0.2, -0.15) is 0 Å².